The zero-order valence-corrected chi connectivity index (χ0v) is 16.0. The molecule has 2 aliphatic heterocycles. The van der Waals surface area contributed by atoms with E-state index in [1.165, 1.54) is 19.3 Å². The SMILES string of the molecule is O=C(c1ccc2c(c1)CCO2)N(Cc1ccc2c(c1)OCO2)C1CCCCC1. The predicted octanol–water partition coefficient (Wildman–Crippen LogP) is 4.33. The molecule has 1 saturated carbocycles. The van der Waals surface area contributed by atoms with Crippen LogP contribution in [-0.2, 0) is 13.0 Å². The third-order valence-corrected chi connectivity index (χ3v) is 6.00. The Morgan fingerprint density at radius 1 is 0.929 bits per heavy atom. The zero-order valence-electron chi connectivity index (χ0n) is 16.0. The highest BCUT2D eigenvalue weighted by atomic mass is 16.7. The monoisotopic (exact) mass is 379 g/mol. The van der Waals surface area contributed by atoms with Crippen molar-refractivity contribution in [3.63, 3.8) is 0 Å². The summed E-state index contributed by atoms with van der Waals surface area (Å²) < 4.78 is 16.5. The van der Waals surface area contributed by atoms with E-state index in [9.17, 15) is 4.79 Å². The van der Waals surface area contributed by atoms with Crippen molar-refractivity contribution in [3.8, 4) is 17.2 Å². The summed E-state index contributed by atoms with van der Waals surface area (Å²) in [6.45, 7) is 1.56. The molecule has 146 valence electrons. The Labute approximate surface area is 165 Å². The van der Waals surface area contributed by atoms with Crippen LogP contribution < -0.4 is 14.2 Å². The van der Waals surface area contributed by atoms with Gasteiger partial charge in [0.05, 0.1) is 6.61 Å². The summed E-state index contributed by atoms with van der Waals surface area (Å²) >= 11 is 0. The standard InChI is InChI=1S/C23H25NO4/c25-23(18-7-9-20-17(13-18)10-11-26-20)24(19-4-2-1-3-5-19)14-16-6-8-21-22(12-16)28-15-27-21/h6-9,12-13,19H,1-5,10-11,14-15H2. The molecule has 2 heterocycles. The summed E-state index contributed by atoms with van der Waals surface area (Å²) in [5.41, 5.74) is 2.97. The quantitative estimate of drug-likeness (QED) is 0.794. The van der Waals surface area contributed by atoms with Crippen LogP contribution in [0.15, 0.2) is 36.4 Å². The lowest BCUT2D eigenvalue weighted by molar-refractivity contribution is 0.0614. The van der Waals surface area contributed by atoms with Crippen molar-refractivity contribution < 1.29 is 19.0 Å². The van der Waals surface area contributed by atoms with Gasteiger partial charge < -0.3 is 19.1 Å². The van der Waals surface area contributed by atoms with E-state index in [0.717, 1.165) is 53.2 Å². The van der Waals surface area contributed by atoms with E-state index >= 15 is 0 Å². The number of rotatable bonds is 4. The van der Waals surface area contributed by atoms with Gasteiger partial charge in [0.25, 0.3) is 5.91 Å². The molecule has 0 bridgehead atoms. The molecule has 5 rings (SSSR count). The number of nitrogens with zero attached hydrogens (tertiary/aromatic N) is 1. The minimum Gasteiger partial charge on any atom is -0.493 e. The molecular weight excluding hydrogens is 354 g/mol. The van der Waals surface area contributed by atoms with Crippen molar-refractivity contribution in [3.05, 3.63) is 53.1 Å². The molecule has 0 saturated heterocycles. The van der Waals surface area contributed by atoms with E-state index in [0.29, 0.717) is 13.2 Å². The molecule has 1 aliphatic carbocycles. The second-order valence-corrected chi connectivity index (χ2v) is 7.83. The second kappa shape index (κ2) is 7.38. The molecular formula is C23H25NO4. The third kappa shape index (κ3) is 3.30. The Morgan fingerprint density at radius 2 is 1.75 bits per heavy atom. The van der Waals surface area contributed by atoms with Crippen LogP contribution in [0.25, 0.3) is 0 Å². The minimum atomic E-state index is 0.110. The number of ether oxygens (including phenoxy) is 3. The predicted molar refractivity (Wildman–Crippen MR) is 105 cm³/mol. The largest absolute Gasteiger partial charge is 0.493 e. The summed E-state index contributed by atoms with van der Waals surface area (Å²) in [4.78, 5) is 15.6. The zero-order chi connectivity index (χ0) is 18.9. The molecule has 5 heteroatoms. The molecule has 2 aromatic rings. The Bertz CT molecular complexity index is 888. The molecule has 0 N–H and O–H groups in total. The van der Waals surface area contributed by atoms with Crippen LogP contribution in [0, 0.1) is 0 Å². The first-order valence-corrected chi connectivity index (χ1v) is 10.2. The molecule has 28 heavy (non-hydrogen) atoms. The smallest absolute Gasteiger partial charge is 0.254 e. The Kier molecular flexibility index (Phi) is 4.59. The number of hydrogen-bond acceptors (Lipinski definition) is 4. The van der Waals surface area contributed by atoms with Crippen molar-refractivity contribution in [1.82, 2.24) is 4.90 Å². The van der Waals surface area contributed by atoms with Crippen LogP contribution in [0.2, 0.25) is 0 Å². The van der Waals surface area contributed by atoms with E-state index in [1.54, 1.807) is 0 Å². The van der Waals surface area contributed by atoms with Gasteiger partial charge in [0.15, 0.2) is 11.5 Å². The van der Waals surface area contributed by atoms with Gasteiger partial charge >= 0.3 is 0 Å². The Balaban J connectivity index is 1.43. The van der Waals surface area contributed by atoms with Crippen molar-refractivity contribution in [1.29, 1.82) is 0 Å². The first-order valence-electron chi connectivity index (χ1n) is 10.2. The number of carbonyl (C=O) groups is 1. The first kappa shape index (κ1) is 17.4. The third-order valence-electron chi connectivity index (χ3n) is 6.00. The van der Waals surface area contributed by atoms with Crippen molar-refractivity contribution in [2.24, 2.45) is 0 Å². The van der Waals surface area contributed by atoms with Crippen LogP contribution >= 0.6 is 0 Å². The van der Waals surface area contributed by atoms with Gasteiger partial charge in [-0.1, -0.05) is 25.3 Å². The fourth-order valence-corrected chi connectivity index (χ4v) is 4.48. The van der Waals surface area contributed by atoms with Crippen molar-refractivity contribution in [2.45, 2.75) is 51.1 Å². The van der Waals surface area contributed by atoms with Crippen LogP contribution in [-0.4, -0.2) is 30.2 Å². The van der Waals surface area contributed by atoms with Gasteiger partial charge in [0.2, 0.25) is 6.79 Å². The van der Waals surface area contributed by atoms with Crippen molar-refractivity contribution >= 4 is 5.91 Å². The van der Waals surface area contributed by atoms with Gasteiger partial charge in [-0.05, 0) is 54.3 Å². The average molecular weight is 379 g/mol. The molecule has 2 aromatic carbocycles. The molecule has 0 spiro atoms. The van der Waals surface area contributed by atoms with Crippen LogP contribution in [0.3, 0.4) is 0 Å². The maximum absolute atomic E-state index is 13.5. The maximum atomic E-state index is 13.5. The van der Waals surface area contributed by atoms with Gasteiger partial charge in [0.1, 0.15) is 5.75 Å². The van der Waals surface area contributed by atoms with Gasteiger partial charge in [-0.3, -0.25) is 4.79 Å². The normalized spacial score (nSPS) is 17.9. The molecule has 0 aromatic heterocycles. The van der Waals surface area contributed by atoms with E-state index in [2.05, 4.69) is 4.90 Å². The first-order chi connectivity index (χ1) is 13.8. The maximum Gasteiger partial charge on any atom is 0.254 e. The summed E-state index contributed by atoms with van der Waals surface area (Å²) in [6, 6.07) is 12.1. The van der Waals surface area contributed by atoms with Crippen LogP contribution in [0.1, 0.15) is 53.6 Å². The fourth-order valence-electron chi connectivity index (χ4n) is 4.48. The number of amides is 1. The molecule has 0 unspecified atom stereocenters. The summed E-state index contributed by atoms with van der Waals surface area (Å²) in [6.07, 6.45) is 6.66. The van der Waals surface area contributed by atoms with Crippen LogP contribution in [0.5, 0.6) is 17.2 Å². The fraction of sp³-hybridized carbons (Fsp3) is 0.435. The number of benzene rings is 2. The second-order valence-electron chi connectivity index (χ2n) is 7.83. The molecule has 3 aliphatic rings. The minimum absolute atomic E-state index is 0.110. The van der Waals surface area contributed by atoms with Gasteiger partial charge in [-0.15, -0.1) is 0 Å². The summed E-state index contributed by atoms with van der Waals surface area (Å²) in [5.74, 6) is 2.57. The van der Waals surface area contributed by atoms with E-state index in [4.69, 9.17) is 14.2 Å². The highest BCUT2D eigenvalue weighted by molar-refractivity contribution is 5.95. The van der Waals surface area contributed by atoms with E-state index in [-0.39, 0.29) is 18.7 Å². The lowest BCUT2D eigenvalue weighted by Gasteiger charge is -2.34. The molecule has 5 nitrogen and oxygen atoms in total. The molecule has 1 amide bonds. The van der Waals surface area contributed by atoms with Gasteiger partial charge in [-0.2, -0.15) is 0 Å². The highest BCUT2D eigenvalue weighted by Gasteiger charge is 2.28. The number of hydrogen-bond donors (Lipinski definition) is 0. The summed E-state index contributed by atoms with van der Waals surface area (Å²) in [5, 5.41) is 0. The Hall–Kier alpha value is -2.69. The lowest BCUT2D eigenvalue weighted by Crippen LogP contribution is -2.41. The molecule has 0 radical (unpaired) electrons. The average Bonchev–Trinajstić information content (AvgIpc) is 3.40. The van der Waals surface area contributed by atoms with Crippen LogP contribution in [0.4, 0.5) is 0 Å². The van der Waals surface area contributed by atoms with Gasteiger partial charge in [0, 0.05) is 24.6 Å². The lowest BCUT2D eigenvalue weighted by atomic mass is 9.93. The summed E-state index contributed by atoms with van der Waals surface area (Å²) in [7, 11) is 0. The molecule has 0 atom stereocenters. The molecule has 1 fully saturated rings. The van der Waals surface area contributed by atoms with Crippen molar-refractivity contribution in [2.75, 3.05) is 13.4 Å². The highest BCUT2D eigenvalue weighted by Crippen LogP contribution is 2.34. The van der Waals surface area contributed by atoms with E-state index < -0.39 is 0 Å². The Morgan fingerprint density at radius 3 is 2.64 bits per heavy atom. The van der Waals surface area contributed by atoms with E-state index in [1.807, 2.05) is 36.4 Å². The number of carbonyl (C=O) groups excluding carboxylic acids is 1. The number of fused-ring (bicyclic) bond motifs is 2. The van der Waals surface area contributed by atoms with Gasteiger partial charge in [-0.25, -0.2) is 0 Å². The topological polar surface area (TPSA) is 48.0 Å².